The Bertz CT molecular complexity index is 585. The monoisotopic (exact) mass is 255 g/mol. The summed E-state index contributed by atoms with van der Waals surface area (Å²) in [5.74, 6) is -0.193. The molecular weight excluding hydrogens is 238 g/mol. The fourth-order valence-electron chi connectivity index (χ4n) is 2.07. The van der Waals surface area contributed by atoms with Crippen LogP contribution in [0.25, 0.3) is 0 Å². The number of carbonyl (C=O) groups is 1. The molecule has 0 aliphatic rings. The first kappa shape index (κ1) is 13.3. The highest BCUT2D eigenvalue weighted by Gasteiger charge is 2.12. The van der Waals surface area contributed by atoms with Crippen LogP contribution >= 0.6 is 0 Å². The van der Waals surface area contributed by atoms with Crippen molar-refractivity contribution in [3.8, 4) is 0 Å². The summed E-state index contributed by atoms with van der Waals surface area (Å²) in [7, 11) is 0. The lowest BCUT2D eigenvalue weighted by Crippen LogP contribution is -2.15. The van der Waals surface area contributed by atoms with E-state index in [4.69, 9.17) is 0 Å². The number of aliphatic hydroxyl groups excluding tert-OH is 1. The Labute approximate surface area is 112 Å². The largest absolute Gasteiger partial charge is 0.392 e. The van der Waals surface area contributed by atoms with Crippen LogP contribution in [-0.4, -0.2) is 11.0 Å². The van der Waals surface area contributed by atoms with Gasteiger partial charge in [-0.05, 0) is 36.6 Å². The molecule has 3 heteroatoms. The van der Waals surface area contributed by atoms with Crippen molar-refractivity contribution in [3.05, 3.63) is 64.7 Å². The van der Waals surface area contributed by atoms with Gasteiger partial charge in [-0.2, -0.15) is 0 Å². The number of nitrogens with one attached hydrogen (secondary N) is 1. The van der Waals surface area contributed by atoms with Crippen LogP contribution in [0.4, 0.5) is 5.69 Å². The molecule has 0 unspecified atom stereocenters. The van der Waals surface area contributed by atoms with Gasteiger partial charge in [-0.1, -0.05) is 36.4 Å². The molecule has 0 aliphatic carbocycles. The third-order valence-corrected chi connectivity index (χ3v) is 3.15. The lowest BCUT2D eigenvalue weighted by Gasteiger charge is -2.13. The average Bonchev–Trinajstić information content (AvgIpc) is 2.42. The number of benzene rings is 2. The molecule has 2 aromatic rings. The van der Waals surface area contributed by atoms with Crippen LogP contribution in [0.3, 0.4) is 0 Å². The maximum Gasteiger partial charge on any atom is 0.256 e. The maximum absolute atomic E-state index is 12.3. The molecule has 19 heavy (non-hydrogen) atoms. The van der Waals surface area contributed by atoms with E-state index in [-0.39, 0.29) is 12.5 Å². The van der Waals surface area contributed by atoms with E-state index in [9.17, 15) is 9.90 Å². The molecule has 0 radical (unpaired) electrons. The summed E-state index contributed by atoms with van der Waals surface area (Å²) in [6, 6.07) is 12.9. The van der Waals surface area contributed by atoms with E-state index >= 15 is 0 Å². The van der Waals surface area contributed by atoms with Crippen LogP contribution in [0, 0.1) is 13.8 Å². The van der Waals surface area contributed by atoms with Gasteiger partial charge in [0.1, 0.15) is 0 Å². The molecular formula is C16H17NO2. The van der Waals surface area contributed by atoms with Crippen molar-refractivity contribution in [3.63, 3.8) is 0 Å². The van der Waals surface area contributed by atoms with E-state index in [2.05, 4.69) is 5.32 Å². The summed E-state index contributed by atoms with van der Waals surface area (Å²) in [4.78, 5) is 12.3. The van der Waals surface area contributed by atoms with E-state index < -0.39 is 0 Å². The zero-order chi connectivity index (χ0) is 13.8. The minimum Gasteiger partial charge on any atom is -0.392 e. The maximum atomic E-state index is 12.3. The third kappa shape index (κ3) is 2.83. The number of hydrogen-bond donors (Lipinski definition) is 2. The second kappa shape index (κ2) is 5.67. The van der Waals surface area contributed by atoms with E-state index in [0.717, 1.165) is 16.8 Å². The molecule has 0 bridgehead atoms. The van der Waals surface area contributed by atoms with Gasteiger partial charge in [-0.15, -0.1) is 0 Å². The number of hydrogen-bond acceptors (Lipinski definition) is 2. The quantitative estimate of drug-likeness (QED) is 0.885. The van der Waals surface area contributed by atoms with E-state index in [1.807, 2.05) is 32.0 Å². The molecule has 98 valence electrons. The SMILES string of the molecule is Cc1cccc(C)c1NC(=O)c1ccccc1CO. The van der Waals surface area contributed by atoms with Gasteiger partial charge >= 0.3 is 0 Å². The second-order valence-electron chi connectivity index (χ2n) is 4.54. The Morgan fingerprint density at radius 1 is 1.05 bits per heavy atom. The topological polar surface area (TPSA) is 49.3 Å². The molecule has 0 heterocycles. The van der Waals surface area contributed by atoms with Crippen molar-refractivity contribution >= 4 is 11.6 Å². The minimum absolute atomic E-state index is 0.143. The Morgan fingerprint density at radius 2 is 1.68 bits per heavy atom. The van der Waals surface area contributed by atoms with Crippen LogP contribution in [-0.2, 0) is 6.61 Å². The number of anilines is 1. The van der Waals surface area contributed by atoms with Crippen molar-refractivity contribution in [1.82, 2.24) is 0 Å². The fraction of sp³-hybridized carbons (Fsp3) is 0.188. The molecule has 0 fully saturated rings. The molecule has 1 amide bonds. The zero-order valence-electron chi connectivity index (χ0n) is 11.1. The molecule has 0 spiro atoms. The molecule has 2 aromatic carbocycles. The molecule has 3 nitrogen and oxygen atoms in total. The molecule has 0 saturated heterocycles. The third-order valence-electron chi connectivity index (χ3n) is 3.15. The van der Waals surface area contributed by atoms with Crippen molar-refractivity contribution < 1.29 is 9.90 Å². The number of amides is 1. The number of carbonyl (C=O) groups excluding carboxylic acids is 1. The van der Waals surface area contributed by atoms with Crippen molar-refractivity contribution in [2.24, 2.45) is 0 Å². The van der Waals surface area contributed by atoms with Crippen LogP contribution in [0.5, 0.6) is 0 Å². The second-order valence-corrected chi connectivity index (χ2v) is 4.54. The van der Waals surface area contributed by atoms with Gasteiger partial charge in [0.15, 0.2) is 0 Å². The van der Waals surface area contributed by atoms with Gasteiger partial charge in [-0.25, -0.2) is 0 Å². The van der Waals surface area contributed by atoms with Crippen LogP contribution in [0.15, 0.2) is 42.5 Å². The summed E-state index contributed by atoms with van der Waals surface area (Å²) < 4.78 is 0. The Hall–Kier alpha value is -2.13. The summed E-state index contributed by atoms with van der Waals surface area (Å²) in [6.45, 7) is 3.78. The normalized spacial score (nSPS) is 10.3. The fourth-order valence-corrected chi connectivity index (χ4v) is 2.07. The molecule has 0 aliphatic heterocycles. The lowest BCUT2D eigenvalue weighted by molar-refractivity contribution is 0.102. The van der Waals surface area contributed by atoms with Crippen molar-refractivity contribution in [2.75, 3.05) is 5.32 Å². The van der Waals surface area contributed by atoms with E-state index in [1.54, 1.807) is 24.3 Å². The van der Waals surface area contributed by atoms with Gasteiger partial charge < -0.3 is 10.4 Å². The lowest BCUT2D eigenvalue weighted by atomic mass is 10.1. The number of para-hydroxylation sites is 1. The standard InChI is InChI=1S/C16H17NO2/c1-11-6-5-7-12(2)15(11)17-16(19)14-9-4-3-8-13(14)10-18/h3-9,18H,10H2,1-2H3,(H,17,19). The molecule has 0 atom stereocenters. The molecule has 0 aromatic heterocycles. The van der Waals surface area contributed by atoms with Crippen LogP contribution < -0.4 is 5.32 Å². The summed E-state index contributed by atoms with van der Waals surface area (Å²) in [5, 5.41) is 12.2. The first-order chi connectivity index (χ1) is 9.13. The minimum atomic E-state index is -0.193. The summed E-state index contributed by atoms with van der Waals surface area (Å²) in [5.41, 5.74) is 4.02. The van der Waals surface area contributed by atoms with E-state index in [0.29, 0.717) is 11.1 Å². The van der Waals surface area contributed by atoms with Crippen LogP contribution in [0.1, 0.15) is 27.0 Å². The van der Waals surface area contributed by atoms with E-state index in [1.165, 1.54) is 0 Å². The number of rotatable bonds is 3. The van der Waals surface area contributed by atoms with Gasteiger partial charge in [0, 0.05) is 11.3 Å². The highest BCUT2D eigenvalue weighted by molar-refractivity contribution is 6.06. The molecule has 2 N–H and O–H groups in total. The van der Waals surface area contributed by atoms with Gasteiger partial charge in [0.05, 0.1) is 6.61 Å². The first-order valence-corrected chi connectivity index (χ1v) is 6.20. The summed E-state index contributed by atoms with van der Waals surface area (Å²) in [6.07, 6.45) is 0. The smallest absolute Gasteiger partial charge is 0.256 e. The Balaban J connectivity index is 2.31. The first-order valence-electron chi connectivity index (χ1n) is 6.20. The van der Waals surface area contributed by atoms with Crippen molar-refractivity contribution in [2.45, 2.75) is 20.5 Å². The Morgan fingerprint density at radius 3 is 2.32 bits per heavy atom. The average molecular weight is 255 g/mol. The predicted octanol–water partition coefficient (Wildman–Crippen LogP) is 3.05. The predicted molar refractivity (Wildman–Crippen MR) is 76.2 cm³/mol. The molecule has 2 rings (SSSR count). The van der Waals surface area contributed by atoms with Crippen molar-refractivity contribution in [1.29, 1.82) is 0 Å². The van der Waals surface area contributed by atoms with Gasteiger partial charge in [-0.3, -0.25) is 4.79 Å². The Kier molecular flexibility index (Phi) is 3.97. The zero-order valence-corrected chi connectivity index (χ0v) is 11.1. The highest BCUT2D eigenvalue weighted by atomic mass is 16.3. The molecule has 0 saturated carbocycles. The number of aryl methyl sites for hydroxylation is 2. The van der Waals surface area contributed by atoms with Gasteiger partial charge in [0.25, 0.3) is 5.91 Å². The highest BCUT2D eigenvalue weighted by Crippen LogP contribution is 2.21. The number of aliphatic hydroxyl groups is 1. The van der Waals surface area contributed by atoms with Crippen LogP contribution in [0.2, 0.25) is 0 Å². The summed E-state index contributed by atoms with van der Waals surface area (Å²) >= 11 is 0. The van der Waals surface area contributed by atoms with Gasteiger partial charge in [0.2, 0.25) is 0 Å².